The fraction of sp³-hybridized carbons (Fsp3) is 0. The minimum atomic E-state index is 0.700. The highest BCUT2D eigenvalue weighted by molar-refractivity contribution is 7.27. The molecule has 0 aliphatic rings. The predicted molar refractivity (Wildman–Crippen MR) is 144 cm³/mol. The van der Waals surface area contributed by atoms with Gasteiger partial charge in [0.05, 0.1) is 11.0 Å². The van der Waals surface area contributed by atoms with Crippen LogP contribution in [0.15, 0.2) is 103 Å². The van der Waals surface area contributed by atoms with Crippen molar-refractivity contribution >= 4 is 74.9 Å². The molecule has 3 aromatic heterocycles. The Hall–Kier alpha value is -4.28. The number of hydrogen-bond donors (Lipinski definition) is 0. The van der Waals surface area contributed by atoms with Crippen molar-refractivity contribution in [1.82, 2.24) is 14.5 Å². The first kappa shape index (κ1) is 18.2. The average molecular weight is 452 g/mol. The van der Waals surface area contributed by atoms with Crippen LogP contribution in [0, 0.1) is 0 Å². The fourth-order valence-electron chi connectivity index (χ4n) is 5.55. The lowest BCUT2D eigenvalue weighted by Gasteiger charge is -2.09. The number of aromatic nitrogens is 3. The molecule has 0 saturated heterocycles. The summed E-state index contributed by atoms with van der Waals surface area (Å²) in [6, 6.07) is 32.6. The van der Waals surface area contributed by atoms with Gasteiger partial charge in [0.1, 0.15) is 0 Å². The summed E-state index contributed by atoms with van der Waals surface area (Å²) in [5.41, 5.74) is 2.30. The number of rotatable bonds is 1. The van der Waals surface area contributed by atoms with Crippen LogP contribution in [0.3, 0.4) is 0 Å². The van der Waals surface area contributed by atoms with Gasteiger partial charge in [0, 0.05) is 48.7 Å². The highest BCUT2D eigenvalue weighted by Crippen LogP contribution is 2.47. The van der Waals surface area contributed by atoms with Gasteiger partial charge in [-0.15, -0.1) is 11.3 Å². The lowest BCUT2D eigenvalue weighted by Crippen LogP contribution is -1.99. The summed E-state index contributed by atoms with van der Waals surface area (Å²) < 4.78 is 4.86. The zero-order chi connectivity index (χ0) is 22.2. The molecule has 0 saturated carbocycles. The molecule has 5 aromatic carbocycles. The lowest BCUT2D eigenvalue weighted by atomic mass is 9.96. The number of benzene rings is 5. The molecule has 0 amide bonds. The average Bonchev–Trinajstić information content (AvgIpc) is 3.46. The van der Waals surface area contributed by atoms with E-state index < -0.39 is 0 Å². The van der Waals surface area contributed by atoms with Crippen molar-refractivity contribution in [2.75, 3.05) is 0 Å². The van der Waals surface area contributed by atoms with Gasteiger partial charge < -0.3 is 0 Å². The first-order chi connectivity index (χ1) is 16.9. The zero-order valence-electron chi connectivity index (χ0n) is 18.1. The molecular weight excluding hydrogens is 434 g/mol. The third-order valence-electron chi connectivity index (χ3n) is 6.90. The Balaban J connectivity index is 1.73. The van der Waals surface area contributed by atoms with Gasteiger partial charge in [0.15, 0.2) is 0 Å². The number of hydrogen-bond acceptors (Lipinski definition) is 3. The van der Waals surface area contributed by atoms with Gasteiger partial charge >= 0.3 is 0 Å². The van der Waals surface area contributed by atoms with Crippen LogP contribution < -0.4 is 0 Å². The number of para-hydroxylation sites is 1. The van der Waals surface area contributed by atoms with Crippen LogP contribution in [-0.2, 0) is 0 Å². The molecule has 3 heterocycles. The van der Waals surface area contributed by atoms with Gasteiger partial charge in [-0.25, -0.2) is 9.97 Å². The van der Waals surface area contributed by atoms with Gasteiger partial charge in [-0.3, -0.25) is 4.57 Å². The SMILES string of the molecule is c1cnc(-n2c3ccccc3c3ccc4sc5c6ccccc6c6ccccc6c5c4c32)nc1. The van der Waals surface area contributed by atoms with Crippen LogP contribution in [-0.4, -0.2) is 14.5 Å². The Morgan fingerprint density at radius 3 is 1.97 bits per heavy atom. The summed E-state index contributed by atoms with van der Waals surface area (Å²) in [5, 5.41) is 10.2. The van der Waals surface area contributed by atoms with Crippen molar-refractivity contribution in [2.24, 2.45) is 0 Å². The van der Waals surface area contributed by atoms with Gasteiger partial charge in [-0.2, -0.15) is 0 Å². The number of thiophene rings is 1. The molecule has 0 atom stereocenters. The Morgan fingerprint density at radius 2 is 1.18 bits per heavy atom. The van der Waals surface area contributed by atoms with Crippen molar-refractivity contribution in [3.63, 3.8) is 0 Å². The molecule has 0 unspecified atom stereocenters. The van der Waals surface area contributed by atoms with Crippen molar-refractivity contribution < 1.29 is 0 Å². The topological polar surface area (TPSA) is 30.7 Å². The second-order valence-corrected chi connectivity index (χ2v) is 9.69. The lowest BCUT2D eigenvalue weighted by molar-refractivity contribution is 0.991. The van der Waals surface area contributed by atoms with E-state index in [1.807, 2.05) is 29.8 Å². The van der Waals surface area contributed by atoms with E-state index in [0.717, 1.165) is 5.52 Å². The van der Waals surface area contributed by atoms with Crippen LogP contribution in [0.4, 0.5) is 0 Å². The maximum Gasteiger partial charge on any atom is 0.234 e. The Bertz CT molecular complexity index is 2070. The molecule has 0 aliphatic heterocycles. The van der Waals surface area contributed by atoms with Crippen LogP contribution in [0.25, 0.3) is 69.5 Å². The smallest absolute Gasteiger partial charge is 0.234 e. The van der Waals surface area contributed by atoms with Crippen LogP contribution in [0.1, 0.15) is 0 Å². The maximum absolute atomic E-state index is 4.66. The molecule has 4 heteroatoms. The summed E-state index contributed by atoms with van der Waals surface area (Å²) in [6.45, 7) is 0. The largest absolute Gasteiger partial charge is 0.277 e. The molecule has 8 rings (SSSR count). The Kier molecular flexibility index (Phi) is 3.54. The van der Waals surface area contributed by atoms with Crippen molar-refractivity contribution in [3.05, 3.63) is 103 Å². The van der Waals surface area contributed by atoms with Crippen molar-refractivity contribution in [3.8, 4) is 5.95 Å². The van der Waals surface area contributed by atoms with Gasteiger partial charge in [-0.1, -0.05) is 72.8 Å². The monoisotopic (exact) mass is 451 g/mol. The molecule has 3 nitrogen and oxygen atoms in total. The van der Waals surface area contributed by atoms with Crippen molar-refractivity contribution in [2.45, 2.75) is 0 Å². The molecule has 0 fully saturated rings. The van der Waals surface area contributed by atoms with E-state index in [2.05, 4.69) is 99.5 Å². The van der Waals surface area contributed by atoms with E-state index >= 15 is 0 Å². The molecular formula is C30H17N3S. The maximum atomic E-state index is 4.66. The minimum Gasteiger partial charge on any atom is -0.277 e. The van der Waals surface area contributed by atoms with E-state index in [9.17, 15) is 0 Å². The van der Waals surface area contributed by atoms with Crippen LogP contribution >= 0.6 is 11.3 Å². The van der Waals surface area contributed by atoms with E-state index in [1.54, 1.807) is 0 Å². The molecule has 0 N–H and O–H groups in total. The first-order valence-electron chi connectivity index (χ1n) is 11.4. The second kappa shape index (κ2) is 6.62. The molecule has 0 bridgehead atoms. The third kappa shape index (κ3) is 2.25. The Labute approximate surface area is 198 Å². The second-order valence-electron chi connectivity index (χ2n) is 8.63. The summed E-state index contributed by atoms with van der Waals surface area (Å²) >= 11 is 1.88. The molecule has 158 valence electrons. The summed E-state index contributed by atoms with van der Waals surface area (Å²) in [6.07, 6.45) is 3.63. The highest BCUT2D eigenvalue weighted by Gasteiger charge is 2.21. The van der Waals surface area contributed by atoms with E-state index in [-0.39, 0.29) is 0 Å². The molecule has 0 aliphatic carbocycles. The first-order valence-corrected chi connectivity index (χ1v) is 12.2. The normalized spacial score (nSPS) is 12.1. The van der Waals surface area contributed by atoms with Gasteiger partial charge in [0.25, 0.3) is 0 Å². The predicted octanol–water partition coefficient (Wildman–Crippen LogP) is 8.25. The third-order valence-corrected chi connectivity index (χ3v) is 8.09. The van der Waals surface area contributed by atoms with Crippen LogP contribution in [0.2, 0.25) is 0 Å². The summed E-state index contributed by atoms with van der Waals surface area (Å²) in [7, 11) is 0. The summed E-state index contributed by atoms with van der Waals surface area (Å²) in [4.78, 5) is 9.32. The van der Waals surface area contributed by atoms with Crippen LogP contribution in [0.5, 0.6) is 0 Å². The quantitative estimate of drug-likeness (QED) is 0.235. The number of nitrogens with zero attached hydrogens (tertiary/aromatic N) is 3. The molecule has 34 heavy (non-hydrogen) atoms. The fourth-order valence-corrected chi connectivity index (χ4v) is 6.81. The highest BCUT2D eigenvalue weighted by atomic mass is 32.1. The zero-order valence-corrected chi connectivity index (χ0v) is 18.9. The van der Waals surface area contributed by atoms with Gasteiger partial charge in [-0.05, 0) is 34.4 Å². The van der Waals surface area contributed by atoms with E-state index in [4.69, 9.17) is 0 Å². The molecule has 0 spiro atoms. The van der Waals surface area contributed by atoms with Gasteiger partial charge in [0.2, 0.25) is 5.95 Å². The summed E-state index contributed by atoms with van der Waals surface area (Å²) in [5.74, 6) is 0.700. The van der Waals surface area contributed by atoms with E-state index in [0.29, 0.717) is 5.95 Å². The minimum absolute atomic E-state index is 0.700. The standard InChI is InChI=1S/C30H17N3S/c1-3-11-21-18(8-1)19-9-2-4-12-23(19)29-26(21)27-25(34-29)15-14-22-20-10-5-6-13-24(20)33(28(22)27)30-31-16-7-17-32-30/h1-17H. The van der Waals surface area contributed by atoms with Crippen molar-refractivity contribution in [1.29, 1.82) is 0 Å². The number of fused-ring (bicyclic) bond motifs is 12. The Morgan fingerprint density at radius 1 is 0.529 bits per heavy atom. The van der Waals surface area contributed by atoms with E-state index in [1.165, 1.54) is 58.0 Å². The molecule has 0 radical (unpaired) electrons. The molecule has 8 aromatic rings.